The molecule has 0 unspecified atom stereocenters. The molecular weight excluding hydrogens is 272 g/mol. The van der Waals surface area contributed by atoms with E-state index in [1.807, 2.05) is 17.5 Å². The number of aliphatic carboxylic acids is 1. The monoisotopic (exact) mass is 282 g/mol. The van der Waals surface area contributed by atoms with Crippen LogP contribution in [-0.4, -0.2) is 39.1 Å². The molecule has 94 valence electrons. The first-order valence-electron chi connectivity index (χ1n) is 5.32. The van der Waals surface area contributed by atoms with E-state index < -0.39 is 12.0 Å². The number of nitrogens with zero attached hydrogens (tertiary/aromatic N) is 1. The smallest absolute Gasteiger partial charge is 0.353 e. The van der Waals surface area contributed by atoms with Crippen molar-refractivity contribution in [1.82, 2.24) is 4.90 Å². The number of thioether (sulfide) groups is 1. The number of fused-ring (bicyclic) bond motifs is 1. The first-order valence-corrected chi connectivity index (χ1v) is 7.24. The van der Waals surface area contributed by atoms with Crippen LogP contribution >= 0.6 is 23.1 Å². The van der Waals surface area contributed by atoms with Crippen LogP contribution in [0, 0.1) is 0 Å². The Labute approximate surface area is 111 Å². The first-order chi connectivity index (χ1) is 8.61. The zero-order valence-electron chi connectivity index (χ0n) is 9.20. The molecule has 3 heterocycles. The SMILES string of the molecule is N[C@@H]1C(=O)N2C(C(=O)O)=C(c3cccs3)CS[C@@H]12. The highest BCUT2D eigenvalue weighted by atomic mass is 32.2. The summed E-state index contributed by atoms with van der Waals surface area (Å²) in [5, 5.41) is 11.0. The van der Waals surface area contributed by atoms with E-state index in [0.29, 0.717) is 11.3 Å². The van der Waals surface area contributed by atoms with E-state index >= 15 is 0 Å². The lowest BCUT2D eigenvalue weighted by atomic mass is 10.0. The number of carbonyl (C=O) groups is 2. The maximum atomic E-state index is 11.7. The minimum atomic E-state index is -1.07. The van der Waals surface area contributed by atoms with Crippen molar-refractivity contribution in [1.29, 1.82) is 0 Å². The van der Waals surface area contributed by atoms with Crippen LogP contribution in [0.2, 0.25) is 0 Å². The van der Waals surface area contributed by atoms with Gasteiger partial charge in [-0.15, -0.1) is 23.1 Å². The Bertz CT molecular complexity index is 553. The molecular formula is C11H10N2O3S2. The van der Waals surface area contributed by atoms with Gasteiger partial charge in [-0.3, -0.25) is 9.69 Å². The molecule has 1 fully saturated rings. The van der Waals surface area contributed by atoms with Crippen LogP contribution < -0.4 is 5.73 Å². The molecule has 1 aromatic heterocycles. The number of nitrogens with two attached hydrogens (primary N) is 1. The average molecular weight is 282 g/mol. The Kier molecular flexibility index (Phi) is 2.69. The van der Waals surface area contributed by atoms with Crippen LogP contribution in [-0.2, 0) is 9.59 Å². The van der Waals surface area contributed by atoms with Crippen LogP contribution in [0.1, 0.15) is 4.88 Å². The molecule has 2 atom stereocenters. The lowest BCUT2D eigenvalue weighted by molar-refractivity contribution is -0.147. The Morgan fingerprint density at radius 2 is 2.33 bits per heavy atom. The molecule has 2 aliphatic rings. The van der Waals surface area contributed by atoms with E-state index in [1.165, 1.54) is 28.0 Å². The standard InChI is InChI=1S/C11H10N2O3S2/c12-7-9(14)13-8(11(15)16)5(4-18-10(7)13)6-2-1-3-17-6/h1-3,7,10H,4,12H2,(H,15,16)/t7-,10+/m1/s1. The third kappa shape index (κ3) is 1.51. The molecule has 0 aromatic carbocycles. The van der Waals surface area contributed by atoms with Crippen molar-refractivity contribution < 1.29 is 14.7 Å². The number of thiophene rings is 1. The zero-order valence-corrected chi connectivity index (χ0v) is 10.8. The van der Waals surface area contributed by atoms with Gasteiger partial charge in [-0.2, -0.15) is 0 Å². The van der Waals surface area contributed by atoms with Gasteiger partial charge < -0.3 is 10.8 Å². The summed E-state index contributed by atoms with van der Waals surface area (Å²) in [6, 6.07) is 3.16. The number of rotatable bonds is 2. The third-order valence-corrected chi connectivity index (χ3v) is 5.26. The summed E-state index contributed by atoms with van der Waals surface area (Å²) in [6.07, 6.45) is 0. The highest BCUT2D eigenvalue weighted by molar-refractivity contribution is 8.00. The number of hydrogen-bond donors (Lipinski definition) is 2. The molecule has 1 amide bonds. The van der Waals surface area contributed by atoms with Crippen LogP contribution in [0.25, 0.3) is 5.57 Å². The molecule has 0 radical (unpaired) electrons. The van der Waals surface area contributed by atoms with E-state index in [9.17, 15) is 14.7 Å². The van der Waals surface area contributed by atoms with Crippen LogP contribution in [0.4, 0.5) is 0 Å². The lowest BCUT2D eigenvalue weighted by Gasteiger charge is -2.47. The summed E-state index contributed by atoms with van der Waals surface area (Å²) in [6.45, 7) is 0. The van der Waals surface area contributed by atoms with Crippen LogP contribution in [0.15, 0.2) is 23.2 Å². The molecule has 7 heteroatoms. The molecule has 0 bridgehead atoms. The minimum Gasteiger partial charge on any atom is -0.477 e. The van der Waals surface area contributed by atoms with Gasteiger partial charge in [0.25, 0.3) is 0 Å². The lowest BCUT2D eigenvalue weighted by Crippen LogP contribution is -2.68. The fourth-order valence-corrected chi connectivity index (χ4v) is 4.33. The molecule has 1 aromatic rings. The van der Waals surface area contributed by atoms with Gasteiger partial charge in [-0.1, -0.05) is 6.07 Å². The Balaban J connectivity index is 2.09. The van der Waals surface area contributed by atoms with E-state index in [4.69, 9.17) is 5.73 Å². The number of carboxylic acids is 1. The van der Waals surface area contributed by atoms with Gasteiger partial charge in [0, 0.05) is 16.2 Å². The van der Waals surface area contributed by atoms with Crippen molar-refractivity contribution in [3.8, 4) is 0 Å². The van der Waals surface area contributed by atoms with Gasteiger partial charge in [-0.05, 0) is 11.4 Å². The van der Waals surface area contributed by atoms with Crippen LogP contribution in [0.5, 0.6) is 0 Å². The molecule has 0 aliphatic carbocycles. The molecule has 0 spiro atoms. The summed E-state index contributed by atoms with van der Waals surface area (Å²) in [5.74, 6) is -0.799. The Hall–Kier alpha value is -1.31. The summed E-state index contributed by atoms with van der Waals surface area (Å²) < 4.78 is 0. The predicted octanol–water partition coefficient (Wildman–Crippen LogP) is 0.786. The Morgan fingerprint density at radius 1 is 1.56 bits per heavy atom. The average Bonchev–Trinajstić information content (AvgIpc) is 2.89. The molecule has 3 N–H and O–H groups in total. The number of carboxylic acid groups (broad SMARTS) is 1. The number of hydrogen-bond acceptors (Lipinski definition) is 5. The van der Waals surface area contributed by atoms with Crippen LogP contribution in [0.3, 0.4) is 0 Å². The normalized spacial score (nSPS) is 26.9. The second kappa shape index (κ2) is 4.11. The number of carbonyl (C=O) groups excluding carboxylic acids is 1. The molecule has 18 heavy (non-hydrogen) atoms. The van der Waals surface area contributed by atoms with Crippen molar-refractivity contribution >= 4 is 40.5 Å². The number of amides is 1. The molecule has 3 rings (SSSR count). The van der Waals surface area contributed by atoms with Gasteiger partial charge in [-0.25, -0.2) is 4.79 Å². The van der Waals surface area contributed by atoms with Crippen molar-refractivity contribution in [3.05, 3.63) is 28.1 Å². The predicted molar refractivity (Wildman–Crippen MR) is 69.9 cm³/mol. The van der Waals surface area contributed by atoms with Gasteiger partial charge in [0.15, 0.2) is 0 Å². The van der Waals surface area contributed by atoms with Crippen molar-refractivity contribution in [2.45, 2.75) is 11.4 Å². The summed E-state index contributed by atoms with van der Waals surface area (Å²) >= 11 is 2.99. The van der Waals surface area contributed by atoms with Gasteiger partial charge in [0.05, 0.1) is 0 Å². The topological polar surface area (TPSA) is 83.6 Å². The minimum absolute atomic E-state index is 0.0906. The third-order valence-electron chi connectivity index (χ3n) is 3.03. The summed E-state index contributed by atoms with van der Waals surface area (Å²) in [5.41, 5.74) is 6.48. The fraction of sp³-hybridized carbons (Fsp3) is 0.273. The van der Waals surface area contributed by atoms with Gasteiger partial charge >= 0.3 is 5.97 Å². The quantitative estimate of drug-likeness (QED) is 0.783. The van der Waals surface area contributed by atoms with E-state index in [1.54, 1.807) is 0 Å². The molecule has 2 aliphatic heterocycles. The fourth-order valence-electron chi connectivity index (χ4n) is 2.15. The largest absolute Gasteiger partial charge is 0.477 e. The first kappa shape index (κ1) is 11.8. The van der Waals surface area contributed by atoms with Crippen molar-refractivity contribution in [2.24, 2.45) is 5.73 Å². The maximum absolute atomic E-state index is 11.7. The second-order valence-corrected chi connectivity index (χ2v) is 6.10. The second-order valence-electron chi connectivity index (χ2n) is 4.05. The molecule has 0 saturated carbocycles. The van der Waals surface area contributed by atoms with Crippen molar-refractivity contribution in [2.75, 3.05) is 5.75 Å². The summed E-state index contributed by atoms with van der Waals surface area (Å²) in [4.78, 5) is 25.3. The Morgan fingerprint density at radius 3 is 2.94 bits per heavy atom. The maximum Gasteiger partial charge on any atom is 0.353 e. The highest BCUT2D eigenvalue weighted by Crippen LogP contribution is 2.43. The van der Waals surface area contributed by atoms with Gasteiger partial charge in [0.2, 0.25) is 5.91 Å². The molecule has 5 nitrogen and oxygen atoms in total. The summed E-state index contributed by atoms with van der Waals surface area (Å²) in [7, 11) is 0. The zero-order chi connectivity index (χ0) is 12.9. The van der Waals surface area contributed by atoms with E-state index in [0.717, 1.165) is 4.88 Å². The van der Waals surface area contributed by atoms with Gasteiger partial charge in [0.1, 0.15) is 17.1 Å². The number of β-lactam (4-membered cyclic amide) rings is 1. The van der Waals surface area contributed by atoms with E-state index in [2.05, 4.69) is 0 Å². The van der Waals surface area contributed by atoms with E-state index in [-0.39, 0.29) is 17.0 Å². The highest BCUT2D eigenvalue weighted by Gasteiger charge is 2.51. The molecule has 1 saturated heterocycles. The van der Waals surface area contributed by atoms with Crippen molar-refractivity contribution in [3.63, 3.8) is 0 Å².